The van der Waals surface area contributed by atoms with E-state index in [0.29, 0.717) is 32.4 Å². The number of nitrogens with two attached hydrogens (primary N) is 1. The first-order valence-electron chi connectivity index (χ1n) is 11.4. The molecule has 0 aliphatic heterocycles. The van der Waals surface area contributed by atoms with Crippen LogP contribution in [-0.2, 0) is 9.59 Å². The summed E-state index contributed by atoms with van der Waals surface area (Å²) in [4.78, 5) is 50.7. The molecule has 0 saturated heterocycles. The fourth-order valence-electron chi connectivity index (χ4n) is 3.77. The van der Waals surface area contributed by atoms with Gasteiger partial charge in [0.2, 0.25) is 11.8 Å². The van der Waals surface area contributed by atoms with Crippen molar-refractivity contribution < 1.29 is 14.4 Å². The molecule has 1 aromatic carbocycles. The number of hydrogen-bond donors (Lipinski definition) is 4. The average molecular weight is 544 g/mol. The number of carbonyl (C=O) groups is 3. The smallest absolute Gasteiger partial charge is 0.267 e. The van der Waals surface area contributed by atoms with E-state index in [0.717, 1.165) is 16.9 Å². The SMILES string of the molecule is Cc1nc(NC(=O)C(C)(C)CC(C)(C)C(N)=O)cc(Nc2ncc(C(=O)Nc3c(C)cccc3Cl)s2)n1. The van der Waals surface area contributed by atoms with Crippen molar-refractivity contribution in [3.05, 3.63) is 51.7 Å². The number of primary amides is 1. The molecule has 196 valence electrons. The maximum atomic E-state index is 13.0. The standard InChI is InChI=1S/C25H30ClN7O3S/c1-13-8-7-9-15(26)19(13)33-20(34)16-11-28-23(37-16)32-18-10-17(29-14(2)30-18)31-22(36)25(5,6)12-24(3,4)21(27)35/h7-11H,12H2,1-6H3,(H2,27,35)(H,33,34)(H2,28,29,30,31,32,36). The van der Waals surface area contributed by atoms with E-state index >= 15 is 0 Å². The van der Waals surface area contributed by atoms with Gasteiger partial charge in [0.15, 0.2) is 5.13 Å². The lowest BCUT2D eigenvalue weighted by Gasteiger charge is -2.31. The van der Waals surface area contributed by atoms with Crippen LogP contribution in [0.4, 0.5) is 22.5 Å². The molecule has 0 unspecified atom stereocenters. The lowest BCUT2D eigenvalue weighted by molar-refractivity contribution is -0.131. The number of aromatic nitrogens is 3. The van der Waals surface area contributed by atoms with Gasteiger partial charge >= 0.3 is 0 Å². The van der Waals surface area contributed by atoms with E-state index in [1.54, 1.807) is 46.8 Å². The number of benzene rings is 1. The van der Waals surface area contributed by atoms with Crippen molar-refractivity contribution in [2.75, 3.05) is 16.0 Å². The van der Waals surface area contributed by atoms with Gasteiger partial charge in [-0.05, 0) is 31.9 Å². The summed E-state index contributed by atoms with van der Waals surface area (Å²) in [5.41, 5.74) is 5.13. The summed E-state index contributed by atoms with van der Waals surface area (Å²) in [6, 6.07) is 6.94. The van der Waals surface area contributed by atoms with Gasteiger partial charge in [0, 0.05) is 16.9 Å². The highest BCUT2D eigenvalue weighted by Crippen LogP contribution is 2.34. The van der Waals surface area contributed by atoms with E-state index in [-0.39, 0.29) is 24.1 Å². The minimum atomic E-state index is -0.886. The molecule has 0 aliphatic carbocycles. The van der Waals surface area contributed by atoms with Crippen molar-refractivity contribution in [1.82, 2.24) is 15.0 Å². The number of halogens is 1. The number of anilines is 4. The van der Waals surface area contributed by atoms with E-state index < -0.39 is 16.7 Å². The zero-order valence-electron chi connectivity index (χ0n) is 21.5. The predicted octanol–water partition coefficient (Wildman–Crippen LogP) is 5.07. The van der Waals surface area contributed by atoms with Crippen LogP contribution >= 0.6 is 22.9 Å². The molecule has 0 saturated carbocycles. The second-order valence-corrected chi connectivity index (χ2v) is 11.4. The number of nitrogens with one attached hydrogen (secondary N) is 3. The molecule has 12 heteroatoms. The molecule has 0 fully saturated rings. The third-order valence-corrected chi connectivity index (χ3v) is 6.90. The summed E-state index contributed by atoms with van der Waals surface area (Å²) in [6.45, 7) is 10.4. The molecule has 37 heavy (non-hydrogen) atoms. The second-order valence-electron chi connectivity index (χ2n) is 9.99. The number of para-hydroxylation sites is 1. The third kappa shape index (κ3) is 7.01. The van der Waals surface area contributed by atoms with Gasteiger partial charge < -0.3 is 21.7 Å². The molecule has 3 aromatic rings. The number of rotatable bonds is 9. The van der Waals surface area contributed by atoms with Gasteiger partial charge in [0.05, 0.1) is 16.9 Å². The normalized spacial score (nSPS) is 11.6. The Morgan fingerprint density at radius 3 is 2.35 bits per heavy atom. The van der Waals surface area contributed by atoms with Gasteiger partial charge in [0.25, 0.3) is 5.91 Å². The number of nitrogens with zero attached hydrogens (tertiary/aromatic N) is 3. The maximum Gasteiger partial charge on any atom is 0.267 e. The van der Waals surface area contributed by atoms with Gasteiger partial charge in [-0.3, -0.25) is 14.4 Å². The molecule has 3 rings (SSSR count). The third-order valence-electron chi connectivity index (χ3n) is 5.67. The minimum Gasteiger partial charge on any atom is -0.369 e. The van der Waals surface area contributed by atoms with Gasteiger partial charge in [-0.1, -0.05) is 62.8 Å². The van der Waals surface area contributed by atoms with Gasteiger partial charge in [0.1, 0.15) is 22.3 Å². The zero-order chi connectivity index (χ0) is 27.5. The van der Waals surface area contributed by atoms with Gasteiger partial charge in [-0.15, -0.1) is 0 Å². The van der Waals surface area contributed by atoms with E-state index in [1.165, 1.54) is 6.20 Å². The number of carbonyl (C=O) groups excluding carboxylic acids is 3. The highest BCUT2D eigenvalue weighted by Gasteiger charge is 2.38. The van der Waals surface area contributed by atoms with Crippen LogP contribution in [-0.4, -0.2) is 32.7 Å². The molecule has 2 aromatic heterocycles. The summed E-state index contributed by atoms with van der Waals surface area (Å²) < 4.78 is 0. The lowest BCUT2D eigenvalue weighted by Crippen LogP contribution is -2.40. The molecule has 3 amide bonds. The zero-order valence-corrected chi connectivity index (χ0v) is 23.1. The Balaban J connectivity index is 1.72. The second kappa shape index (κ2) is 10.8. The molecule has 10 nitrogen and oxygen atoms in total. The van der Waals surface area contributed by atoms with Crippen LogP contribution in [0.25, 0.3) is 0 Å². The van der Waals surface area contributed by atoms with E-state index in [2.05, 4.69) is 30.9 Å². The molecule has 0 aliphatic rings. The number of thiazole rings is 1. The predicted molar refractivity (Wildman–Crippen MR) is 146 cm³/mol. The monoisotopic (exact) mass is 543 g/mol. The Kier molecular flexibility index (Phi) is 8.19. The summed E-state index contributed by atoms with van der Waals surface area (Å²) in [5, 5.41) is 9.54. The largest absolute Gasteiger partial charge is 0.369 e. The molecular weight excluding hydrogens is 514 g/mol. The van der Waals surface area contributed by atoms with Crippen molar-refractivity contribution in [2.45, 2.75) is 48.0 Å². The minimum absolute atomic E-state index is 0.258. The molecule has 0 bridgehead atoms. The summed E-state index contributed by atoms with van der Waals surface area (Å²) in [5.74, 6) is -0.0332. The maximum absolute atomic E-state index is 13.0. The van der Waals surface area contributed by atoms with Gasteiger partial charge in [-0.2, -0.15) is 0 Å². The summed E-state index contributed by atoms with van der Waals surface area (Å²) >= 11 is 7.35. The Morgan fingerprint density at radius 1 is 1.03 bits per heavy atom. The van der Waals surface area contributed by atoms with Crippen molar-refractivity contribution in [1.29, 1.82) is 0 Å². The van der Waals surface area contributed by atoms with Crippen LogP contribution in [0, 0.1) is 24.7 Å². The van der Waals surface area contributed by atoms with Crippen LogP contribution in [0.1, 0.15) is 55.2 Å². The Bertz CT molecular complexity index is 1330. The quantitative estimate of drug-likeness (QED) is 0.294. The molecule has 5 N–H and O–H groups in total. The Morgan fingerprint density at radius 2 is 1.70 bits per heavy atom. The molecule has 0 radical (unpaired) electrons. The average Bonchev–Trinajstić information content (AvgIpc) is 3.23. The summed E-state index contributed by atoms with van der Waals surface area (Å²) in [6.07, 6.45) is 1.71. The molecular formula is C25H30ClN7O3S. The van der Waals surface area contributed by atoms with Gasteiger partial charge in [-0.25, -0.2) is 15.0 Å². The number of amides is 3. The van der Waals surface area contributed by atoms with Crippen molar-refractivity contribution in [3.8, 4) is 0 Å². The first-order chi connectivity index (χ1) is 17.2. The first-order valence-corrected chi connectivity index (χ1v) is 12.6. The van der Waals surface area contributed by atoms with E-state index in [9.17, 15) is 14.4 Å². The highest BCUT2D eigenvalue weighted by atomic mass is 35.5. The van der Waals surface area contributed by atoms with Crippen LogP contribution < -0.4 is 21.7 Å². The number of hydrogen-bond acceptors (Lipinski definition) is 8. The lowest BCUT2D eigenvalue weighted by atomic mass is 9.74. The van der Waals surface area contributed by atoms with Crippen LogP contribution in [0.2, 0.25) is 5.02 Å². The molecule has 2 heterocycles. The van der Waals surface area contributed by atoms with E-state index in [1.807, 2.05) is 19.1 Å². The number of aryl methyl sites for hydroxylation is 2. The van der Waals surface area contributed by atoms with Crippen LogP contribution in [0.5, 0.6) is 0 Å². The van der Waals surface area contributed by atoms with Crippen LogP contribution in [0.15, 0.2) is 30.5 Å². The van der Waals surface area contributed by atoms with Crippen LogP contribution in [0.3, 0.4) is 0 Å². The van der Waals surface area contributed by atoms with Crippen molar-refractivity contribution >= 4 is 63.1 Å². The fourth-order valence-corrected chi connectivity index (χ4v) is 4.75. The van der Waals surface area contributed by atoms with E-state index in [4.69, 9.17) is 17.3 Å². The first kappa shape index (κ1) is 28.0. The molecule has 0 spiro atoms. The highest BCUT2D eigenvalue weighted by molar-refractivity contribution is 7.17. The van der Waals surface area contributed by atoms with Crippen molar-refractivity contribution in [3.63, 3.8) is 0 Å². The fraction of sp³-hybridized carbons (Fsp3) is 0.360. The Labute approximate surface area is 224 Å². The molecule has 0 atom stereocenters. The topological polar surface area (TPSA) is 152 Å². The van der Waals surface area contributed by atoms with Crippen molar-refractivity contribution in [2.24, 2.45) is 16.6 Å². The Hall–Kier alpha value is -3.57. The summed E-state index contributed by atoms with van der Waals surface area (Å²) in [7, 11) is 0.